The second-order valence-corrected chi connectivity index (χ2v) is 4.55. The molecule has 1 aromatic rings. The third kappa shape index (κ3) is 3.27. The molecule has 0 bridgehead atoms. The Morgan fingerprint density at radius 2 is 2.06 bits per heavy atom. The quantitative estimate of drug-likeness (QED) is 0.850. The number of piperidine rings is 1. The molecule has 1 saturated heterocycles. The number of amides is 1. The highest BCUT2D eigenvalue weighted by Gasteiger charge is 2.11. The molecule has 1 fully saturated rings. The molecular formula is C13H18FN3O. The number of hydrazine groups is 1. The van der Waals surface area contributed by atoms with Crippen LogP contribution in [-0.4, -0.2) is 24.0 Å². The average Bonchev–Trinajstić information content (AvgIpc) is 2.38. The number of carbonyl (C=O) groups is 1. The molecule has 0 aromatic heterocycles. The van der Waals surface area contributed by atoms with Crippen molar-refractivity contribution < 1.29 is 9.18 Å². The highest BCUT2D eigenvalue weighted by Crippen LogP contribution is 2.12. The molecule has 98 valence electrons. The van der Waals surface area contributed by atoms with Crippen LogP contribution < -0.4 is 11.2 Å². The van der Waals surface area contributed by atoms with Gasteiger partial charge in [0.15, 0.2) is 0 Å². The lowest BCUT2D eigenvalue weighted by atomic mass is 10.1. The minimum Gasteiger partial charge on any atom is -0.366 e. The maximum absolute atomic E-state index is 13.6. The van der Waals surface area contributed by atoms with Crippen LogP contribution in [0.5, 0.6) is 0 Å². The van der Waals surface area contributed by atoms with E-state index in [1.54, 1.807) is 0 Å². The average molecular weight is 251 g/mol. The minimum atomic E-state index is -0.533. The van der Waals surface area contributed by atoms with Crippen LogP contribution in [0.1, 0.15) is 35.2 Å². The van der Waals surface area contributed by atoms with Gasteiger partial charge in [0.25, 0.3) is 0 Å². The summed E-state index contributed by atoms with van der Waals surface area (Å²) in [4.78, 5) is 11.0. The van der Waals surface area contributed by atoms with E-state index in [4.69, 9.17) is 5.73 Å². The summed E-state index contributed by atoms with van der Waals surface area (Å²) < 4.78 is 13.6. The van der Waals surface area contributed by atoms with Gasteiger partial charge in [0.1, 0.15) is 5.82 Å². The molecule has 1 heterocycles. The van der Waals surface area contributed by atoms with Gasteiger partial charge in [0, 0.05) is 30.8 Å². The summed E-state index contributed by atoms with van der Waals surface area (Å²) in [6.45, 7) is 2.35. The van der Waals surface area contributed by atoms with Gasteiger partial charge in [-0.25, -0.2) is 9.40 Å². The molecule has 2 rings (SSSR count). The Morgan fingerprint density at radius 1 is 1.33 bits per heavy atom. The fourth-order valence-electron chi connectivity index (χ4n) is 2.11. The van der Waals surface area contributed by atoms with Crippen LogP contribution in [0.4, 0.5) is 4.39 Å². The van der Waals surface area contributed by atoms with Gasteiger partial charge in [-0.3, -0.25) is 10.2 Å². The molecule has 0 atom stereocenters. The molecular weight excluding hydrogens is 233 g/mol. The topological polar surface area (TPSA) is 58.4 Å². The molecule has 0 spiro atoms. The highest BCUT2D eigenvalue weighted by molar-refractivity contribution is 5.92. The first kappa shape index (κ1) is 13.0. The van der Waals surface area contributed by atoms with Crippen molar-refractivity contribution in [3.8, 4) is 0 Å². The second kappa shape index (κ2) is 5.93. The van der Waals surface area contributed by atoms with Gasteiger partial charge >= 0.3 is 0 Å². The van der Waals surface area contributed by atoms with Crippen molar-refractivity contribution >= 4 is 5.91 Å². The predicted molar refractivity (Wildman–Crippen MR) is 67.2 cm³/mol. The van der Waals surface area contributed by atoms with E-state index in [1.165, 1.54) is 24.6 Å². The maximum atomic E-state index is 13.6. The molecule has 1 aliphatic heterocycles. The first-order valence-corrected chi connectivity index (χ1v) is 6.23. The molecule has 18 heavy (non-hydrogen) atoms. The lowest BCUT2D eigenvalue weighted by Crippen LogP contribution is -2.41. The van der Waals surface area contributed by atoms with Gasteiger partial charge in [-0.2, -0.15) is 0 Å². The summed E-state index contributed by atoms with van der Waals surface area (Å²) in [6.07, 6.45) is 3.58. The summed E-state index contributed by atoms with van der Waals surface area (Å²) in [5.41, 5.74) is 9.17. The Balaban J connectivity index is 1.99. The molecule has 5 heteroatoms. The summed E-state index contributed by atoms with van der Waals surface area (Å²) in [5.74, 6) is -0.848. The third-order valence-electron chi connectivity index (χ3n) is 3.18. The van der Waals surface area contributed by atoms with Crippen LogP contribution in [0.15, 0.2) is 18.2 Å². The van der Waals surface area contributed by atoms with Crippen molar-refractivity contribution in [1.82, 2.24) is 10.4 Å². The first-order chi connectivity index (χ1) is 8.66. The molecule has 1 amide bonds. The van der Waals surface area contributed by atoms with Gasteiger partial charge < -0.3 is 5.73 Å². The Hall–Kier alpha value is -1.46. The van der Waals surface area contributed by atoms with Crippen LogP contribution in [-0.2, 0) is 6.54 Å². The number of primary amides is 1. The van der Waals surface area contributed by atoms with Gasteiger partial charge in [-0.05, 0) is 31.0 Å². The number of halogens is 1. The van der Waals surface area contributed by atoms with Gasteiger partial charge in [0.2, 0.25) is 5.91 Å². The molecule has 4 nitrogen and oxygen atoms in total. The van der Waals surface area contributed by atoms with Gasteiger partial charge in [-0.1, -0.05) is 6.42 Å². The largest absolute Gasteiger partial charge is 0.366 e. The van der Waals surface area contributed by atoms with E-state index in [9.17, 15) is 9.18 Å². The summed E-state index contributed by atoms with van der Waals surface area (Å²) >= 11 is 0. The second-order valence-electron chi connectivity index (χ2n) is 4.55. The Labute approximate surface area is 106 Å². The first-order valence-electron chi connectivity index (χ1n) is 6.23. The van der Waals surface area contributed by atoms with Crippen LogP contribution in [0.3, 0.4) is 0 Å². The van der Waals surface area contributed by atoms with E-state index in [0.29, 0.717) is 17.7 Å². The van der Waals surface area contributed by atoms with Crippen molar-refractivity contribution in [2.45, 2.75) is 25.8 Å². The minimum absolute atomic E-state index is 0.315. The van der Waals surface area contributed by atoms with Crippen molar-refractivity contribution in [2.75, 3.05) is 13.1 Å². The van der Waals surface area contributed by atoms with E-state index >= 15 is 0 Å². The van der Waals surface area contributed by atoms with Crippen LogP contribution in [0, 0.1) is 5.82 Å². The fraction of sp³-hybridized carbons (Fsp3) is 0.462. The normalized spacial score (nSPS) is 16.7. The third-order valence-corrected chi connectivity index (χ3v) is 3.18. The summed E-state index contributed by atoms with van der Waals surface area (Å²) in [7, 11) is 0. The number of benzene rings is 1. The van der Waals surface area contributed by atoms with E-state index in [2.05, 4.69) is 10.4 Å². The summed E-state index contributed by atoms with van der Waals surface area (Å²) in [6, 6.07) is 4.20. The van der Waals surface area contributed by atoms with E-state index in [-0.39, 0.29) is 5.82 Å². The van der Waals surface area contributed by atoms with Crippen LogP contribution in [0.25, 0.3) is 0 Å². The fourth-order valence-corrected chi connectivity index (χ4v) is 2.11. The van der Waals surface area contributed by atoms with E-state index < -0.39 is 5.91 Å². The molecule has 1 aromatic carbocycles. The van der Waals surface area contributed by atoms with Gasteiger partial charge in [0.05, 0.1) is 0 Å². The smallest absolute Gasteiger partial charge is 0.248 e. The van der Waals surface area contributed by atoms with E-state index in [1.807, 2.05) is 0 Å². The standard InChI is InChI=1S/C13H18FN3O/c14-12-5-4-10(13(15)18)8-11(12)9-16-17-6-2-1-3-7-17/h4-5,8,16H,1-3,6-7,9H2,(H2,15,18). The number of rotatable bonds is 4. The zero-order valence-corrected chi connectivity index (χ0v) is 10.3. The van der Waals surface area contributed by atoms with Crippen LogP contribution in [0.2, 0.25) is 0 Å². The number of hydrogen-bond acceptors (Lipinski definition) is 3. The van der Waals surface area contributed by atoms with Crippen molar-refractivity contribution in [2.24, 2.45) is 5.73 Å². The molecule has 0 saturated carbocycles. The lowest BCUT2D eigenvalue weighted by molar-refractivity contribution is 0.1000. The summed E-state index contributed by atoms with van der Waals surface area (Å²) in [5, 5.41) is 2.10. The number of hydrogen-bond donors (Lipinski definition) is 2. The Morgan fingerprint density at radius 3 is 2.72 bits per heavy atom. The van der Waals surface area contributed by atoms with Crippen LogP contribution >= 0.6 is 0 Å². The predicted octanol–water partition coefficient (Wildman–Crippen LogP) is 1.42. The Kier molecular flexibility index (Phi) is 4.28. The van der Waals surface area contributed by atoms with Crippen molar-refractivity contribution in [1.29, 1.82) is 0 Å². The monoisotopic (exact) mass is 251 g/mol. The molecule has 1 aliphatic rings. The SMILES string of the molecule is NC(=O)c1ccc(F)c(CNN2CCCCC2)c1. The number of nitrogens with zero attached hydrogens (tertiary/aromatic N) is 1. The van der Waals surface area contributed by atoms with E-state index in [0.717, 1.165) is 25.9 Å². The zero-order valence-electron chi connectivity index (χ0n) is 10.3. The molecule has 0 unspecified atom stereocenters. The molecule has 0 aliphatic carbocycles. The lowest BCUT2D eigenvalue weighted by Gasteiger charge is -2.27. The number of nitrogens with one attached hydrogen (secondary N) is 1. The Bertz CT molecular complexity index is 430. The van der Waals surface area contributed by atoms with Gasteiger partial charge in [-0.15, -0.1) is 0 Å². The number of carbonyl (C=O) groups excluding carboxylic acids is 1. The van der Waals surface area contributed by atoms with Crippen molar-refractivity contribution in [3.05, 3.63) is 35.1 Å². The molecule has 0 radical (unpaired) electrons. The highest BCUT2D eigenvalue weighted by atomic mass is 19.1. The molecule has 3 N–H and O–H groups in total. The van der Waals surface area contributed by atoms with Crippen molar-refractivity contribution in [3.63, 3.8) is 0 Å². The zero-order chi connectivity index (χ0) is 13.0. The number of nitrogens with two attached hydrogens (primary N) is 1. The maximum Gasteiger partial charge on any atom is 0.248 e.